The third-order valence-electron chi connectivity index (χ3n) is 2.30. The van der Waals surface area contributed by atoms with Crippen molar-refractivity contribution in [3.05, 3.63) is 0 Å². The van der Waals surface area contributed by atoms with Crippen LogP contribution in [0.1, 0.15) is 52.9 Å². The summed E-state index contributed by atoms with van der Waals surface area (Å²) < 4.78 is 0. The molecule has 0 aliphatic carbocycles. The number of Topliss-reactive ketones (excluding diaryl/α,β-unsaturated/α-hetero) is 1. The van der Waals surface area contributed by atoms with Crippen LogP contribution in [-0.4, -0.2) is 11.8 Å². The second-order valence-electron chi connectivity index (χ2n) is 4.06. The standard InChI is InChI=1S/C11H23NO/c1-4-6-10(12)7-5-8-11(13)9(2)3/h9-10H,4-8,12H2,1-3H3. The van der Waals surface area contributed by atoms with Crippen LogP contribution < -0.4 is 5.73 Å². The Morgan fingerprint density at radius 1 is 1.31 bits per heavy atom. The monoisotopic (exact) mass is 185 g/mol. The van der Waals surface area contributed by atoms with E-state index in [2.05, 4.69) is 6.92 Å². The van der Waals surface area contributed by atoms with Gasteiger partial charge in [-0.25, -0.2) is 0 Å². The fourth-order valence-corrected chi connectivity index (χ4v) is 1.34. The van der Waals surface area contributed by atoms with Gasteiger partial charge in [0.25, 0.3) is 0 Å². The first-order valence-corrected chi connectivity index (χ1v) is 5.36. The summed E-state index contributed by atoms with van der Waals surface area (Å²) in [6.45, 7) is 6.04. The largest absolute Gasteiger partial charge is 0.328 e. The molecule has 0 saturated heterocycles. The summed E-state index contributed by atoms with van der Waals surface area (Å²) in [7, 11) is 0. The van der Waals surface area contributed by atoms with Gasteiger partial charge >= 0.3 is 0 Å². The van der Waals surface area contributed by atoms with Gasteiger partial charge in [-0.15, -0.1) is 0 Å². The lowest BCUT2D eigenvalue weighted by Crippen LogP contribution is -2.19. The summed E-state index contributed by atoms with van der Waals surface area (Å²) in [6, 6.07) is 0.296. The quantitative estimate of drug-likeness (QED) is 0.662. The van der Waals surface area contributed by atoms with Gasteiger partial charge in [-0.05, 0) is 19.3 Å². The molecular weight excluding hydrogens is 162 g/mol. The number of ketones is 1. The first-order chi connectivity index (χ1) is 6.07. The predicted octanol–water partition coefficient (Wildman–Crippen LogP) is 2.51. The zero-order valence-electron chi connectivity index (χ0n) is 9.18. The van der Waals surface area contributed by atoms with Crippen molar-refractivity contribution in [3.63, 3.8) is 0 Å². The van der Waals surface area contributed by atoms with E-state index in [1.165, 1.54) is 0 Å². The van der Waals surface area contributed by atoms with Crippen molar-refractivity contribution in [3.8, 4) is 0 Å². The van der Waals surface area contributed by atoms with Gasteiger partial charge in [-0.2, -0.15) is 0 Å². The number of nitrogens with two attached hydrogens (primary N) is 1. The normalized spacial score (nSPS) is 13.3. The first-order valence-electron chi connectivity index (χ1n) is 5.36. The molecule has 2 nitrogen and oxygen atoms in total. The molecule has 0 heterocycles. The van der Waals surface area contributed by atoms with E-state index in [9.17, 15) is 4.79 Å². The fraction of sp³-hybridized carbons (Fsp3) is 0.909. The van der Waals surface area contributed by atoms with Gasteiger partial charge in [0.15, 0.2) is 0 Å². The van der Waals surface area contributed by atoms with Gasteiger partial charge < -0.3 is 5.73 Å². The van der Waals surface area contributed by atoms with Crippen molar-refractivity contribution in [1.29, 1.82) is 0 Å². The van der Waals surface area contributed by atoms with Gasteiger partial charge in [0.2, 0.25) is 0 Å². The lowest BCUT2D eigenvalue weighted by atomic mass is 10.00. The van der Waals surface area contributed by atoms with Crippen molar-refractivity contribution in [2.45, 2.75) is 58.9 Å². The van der Waals surface area contributed by atoms with Crippen LogP contribution in [0.3, 0.4) is 0 Å². The van der Waals surface area contributed by atoms with Crippen LogP contribution in [-0.2, 0) is 4.79 Å². The molecule has 0 amide bonds. The van der Waals surface area contributed by atoms with Crippen molar-refractivity contribution in [2.75, 3.05) is 0 Å². The minimum atomic E-state index is 0.183. The highest BCUT2D eigenvalue weighted by Crippen LogP contribution is 2.07. The fourth-order valence-electron chi connectivity index (χ4n) is 1.34. The molecule has 0 aliphatic rings. The Hall–Kier alpha value is -0.370. The Bertz CT molecular complexity index is 143. The first kappa shape index (κ1) is 12.6. The highest BCUT2D eigenvalue weighted by Gasteiger charge is 2.07. The van der Waals surface area contributed by atoms with Crippen LogP contribution in [0.25, 0.3) is 0 Å². The molecule has 0 aromatic carbocycles. The van der Waals surface area contributed by atoms with E-state index < -0.39 is 0 Å². The number of rotatable bonds is 7. The zero-order valence-corrected chi connectivity index (χ0v) is 9.18. The van der Waals surface area contributed by atoms with Crippen molar-refractivity contribution >= 4 is 5.78 Å². The number of carbonyl (C=O) groups excluding carboxylic acids is 1. The topological polar surface area (TPSA) is 43.1 Å². The van der Waals surface area contributed by atoms with E-state index in [1.54, 1.807) is 0 Å². The third-order valence-corrected chi connectivity index (χ3v) is 2.30. The van der Waals surface area contributed by atoms with Crippen molar-refractivity contribution < 1.29 is 4.79 Å². The Labute approximate surface area is 81.9 Å². The number of hydrogen-bond donors (Lipinski definition) is 1. The van der Waals surface area contributed by atoms with Crippen LogP contribution in [0.5, 0.6) is 0 Å². The van der Waals surface area contributed by atoms with E-state index in [0.717, 1.165) is 25.7 Å². The van der Waals surface area contributed by atoms with E-state index >= 15 is 0 Å². The molecule has 0 bridgehead atoms. The van der Waals surface area contributed by atoms with Gasteiger partial charge in [0, 0.05) is 18.4 Å². The molecule has 0 radical (unpaired) electrons. The maximum atomic E-state index is 11.2. The van der Waals surface area contributed by atoms with E-state index in [1.807, 2.05) is 13.8 Å². The number of carbonyl (C=O) groups is 1. The third kappa shape index (κ3) is 6.76. The minimum absolute atomic E-state index is 0.183. The van der Waals surface area contributed by atoms with Crippen molar-refractivity contribution in [2.24, 2.45) is 11.7 Å². The Kier molecular flexibility index (Phi) is 6.87. The molecule has 78 valence electrons. The van der Waals surface area contributed by atoms with Crippen LogP contribution >= 0.6 is 0 Å². The second kappa shape index (κ2) is 7.07. The van der Waals surface area contributed by atoms with E-state index in [-0.39, 0.29) is 5.92 Å². The summed E-state index contributed by atoms with van der Waals surface area (Å²) in [4.78, 5) is 11.2. The predicted molar refractivity (Wildman–Crippen MR) is 56.6 cm³/mol. The summed E-state index contributed by atoms with van der Waals surface area (Å²) >= 11 is 0. The summed E-state index contributed by atoms with van der Waals surface area (Å²) in [5.41, 5.74) is 5.84. The average Bonchev–Trinajstić information content (AvgIpc) is 2.04. The molecular formula is C11H23NO. The molecule has 0 spiro atoms. The molecule has 0 fully saturated rings. The molecule has 13 heavy (non-hydrogen) atoms. The lowest BCUT2D eigenvalue weighted by molar-refractivity contribution is -0.122. The lowest BCUT2D eigenvalue weighted by Gasteiger charge is -2.09. The Balaban J connectivity index is 3.39. The van der Waals surface area contributed by atoms with E-state index in [0.29, 0.717) is 18.2 Å². The minimum Gasteiger partial charge on any atom is -0.328 e. The molecule has 0 rings (SSSR count). The summed E-state index contributed by atoms with van der Waals surface area (Å²) in [5, 5.41) is 0. The molecule has 2 heteroatoms. The molecule has 1 unspecified atom stereocenters. The van der Waals surface area contributed by atoms with Gasteiger partial charge in [0.05, 0.1) is 0 Å². The zero-order chi connectivity index (χ0) is 10.3. The second-order valence-corrected chi connectivity index (χ2v) is 4.06. The maximum Gasteiger partial charge on any atom is 0.135 e. The van der Waals surface area contributed by atoms with Gasteiger partial charge in [-0.3, -0.25) is 4.79 Å². The average molecular weight is 185 g/mol. The number of hydrogen-bond acceptors (Lipinski definition) is 2. The van der Waals surface area contributed by atoms with Crippen LogP contribution in [0.15, 0.2) is 0 Å². The van der Waals surface area contributed by atoms with Gasteiger partial charge in [0.1, 0.15) is 5.78 Å². The molecule has 0 aromatic rings. The molecule has 0 saturated carbocycles. The highest BCUT2D eigenvalue weighted by atomic mass is 16.1. The van der Waals surface area contributed by atoms with E-state index in [4.69, 9.17) is 5.73 Å². The smallest absolute Gasteiger partial charge is 0.135 e. The molecule has 0 aromatic heterocycles. The maximum absolute atomic E-state index is 11.2. The van der Waals surface area contributed by atoms with Crippen LogP contribution in [0.4, 0.5) is 0 Å². The highest BCUT2D eigenvalue weighted by molar-refractivity contribution is 5.80. The van der Waals surface area contributed by atoms with Crippen LogP contribution in [0, 0.1) is 5.92 Å². The SMILES string of the molecule is CCCC(N)CCCC(=O)C(C)C. The van der Waals surface area contributed by atoms with Gasteiger partial charge in [-0.1, -0.05) is 27.2 Å². The summed E-state index contributed by atoms with van der Waals surface area (Å²) in [6.07, 6.45) is 4.87. The van der Waals surface area contributed by atoms with Crippen molar-refractivity contribution in [1.82, 2.24) is 0 Å². The Morgan fingerprint density at radius 2 is 1.92 bits per heavy atom. The molecule has 1 atom stereocenters. The Morgan fingerprint density at radius 3 is 2.38 bits per heavy atom. The molecule has 2 N–H and O–H groups in total. The van der Waals surface area contributed by atoms with Crippen LogP contribution in [0.2, 0.25) is 0 Å². The summed E-state index contributed by atoms with van der Waals surface area (Å²) in [5.74, 6) is 0.547. The molecule has 0 aliphatic heterocycles.